The molecule has 0 spiro atoms. The van der Waals surface area contributed by atoms with E-state index in [1.165, 1.54) is 0 Å². The van der Waals surface area contributed by atoms with E-state index in [1.54, 1.807) is 0 Å². The van der Waals surface area contributed by atoms with Gasteiger partial charge in [0.15, 0.2) is 0 Å². The van der Waals surface area contributed by atoms with Crippen molar-refractivity contribution in [3.05, 3.63) is 59.2 Å². The first-order valence-electron chi connectivity index (χ1n) is 8.62. The van der Waals surface area contributed by atoms with Crippen molar-refractivity contribution in [3.63, 3.8) is 0 Å². The maximum atomic E-state index is 12.4. The number of amides is 1. The number of halogens is 1. The van der Waals surface area contributed by atoms with Crippen LogP contribution in [0.2, 0.25) is 0 Å². The van der Waals surface area contributed by atoms with Crippen molar-refractivity contribution in [1.82, 2.24) is 5.32 Å². The van der Waals surface area contributed by atoms with Gasteiger partial charge in [-0.25, -0.2) is 0 Å². The van der Waals surface area contributed by atoms with E-state index < -0.39 is 6.04 Å². The fraction of sp³-hybridized carbons (Fsp3) is 0.350. The summed E-state index contributed by atoms with van der Waals surface area (Å²) in [6.07, 6.45) is 1.04. The van der Waals surface area contributed by atoms with Crippen molar-refractivity contribution >= 4 is 18.3 Å². The Morgan fingerprint density at radius 3 is 2.77 bits per heavy atom. The molecule has 2 aromatic rings. The van der Waals surface area contributed by atoms with Gasteiger partial charge in [0.2, 0.25) is 5.91 Å². The minimum atomic E-state index is -0.692. The molecule has 0 saturated heterocycles. The van der Waals surface area contributed by atoms with Crippen molar-refractivity contribution in [2.24, 2.45) is 5.73 Å². The predicted molar refractivity (Wildman–Crippen MR) is 104 cm³/mol. The average molecular weight is 377 g/mol. The second-order valence-electron chi connectivity index (χ2n) is 6.24. The number of fused-ring (bicyclic) bond motifs is 1. The zero-order valence-electron chi connectivity index (χ0n) is 15.0. The smallest absolute Gasteiger partial charge is 0.241 e. The number of benzene rings is 2. The van der Waals surface area contributed by atoms with E-state index in [0.29, 0.717) is 13.2 Å². The first kappa shape index (κ1) is 20.1. The third kappa shape index (κ3) is 4.48. The molecule has 2 atom stereocenters. The van der Waals surface area contributed by atoms with Crippen molar-refractivity contribution in [2.45, 2.75) is 39.0 Å². The summed E-state index contributed by atoms with van der Waals surface area (Å²) in [7, 11) is 0. The Bertz CT molecular complexity index is 752. The van der Waals surface area contributed by atoms with Gasteiger partial charge in [-0.3, -0.25) is 4.79 Å². The molecule has 0 radical (unpaired) electrons. The highest BCUT2D eigenvalue weighted by atomic mass is 35.5. The third-order valence-corrected chi connectivity index (χ3v) is 4.27. The summed E-state index contributed by atoms with van der Waals surface area (Å²) in [4.78, 5) is 12.4. The van der Waals surface area contributed by atoms with E-state index in [4.69, 9.17) is 15.2 Å². The van der Waals surface area contributed by atoms with E-state index in [1.807, 2.05) is 56.3 Å². The normalized spacial score (nSPS) is 16.0. The molecule has 3 N–H and O–H groups in total. The Labute approximate surface area is 160 Å². The second kappa shape index (κ2) is 8.92. The maximum Gasteiger partial charge on any atom is 0.241 e. The van der Waals surface area contributed by atoms with Crippen LogP contribution < -0.4 is 20.5 Å². The van der Waals surface area contributed by atoms with Gasteiger partial charge in [0.25, 0.3) is 0 Å². The SMILES string of the molecule is CCOc1cc2c(cc1CNC(=O)C(N)c1ccccc1)OC(C)C2.Cl. The molecule has 3 rings (SSSR count). The summed E-state index contributed by atoms with van der Waals surface area (Å²) in [5, 5.41) is 2.90. The van der Waals surface area contributed by atoms with Crippen LogP contribution in [0.1, 0.15) is 36.6 Å². The molecule has 0 aromatic heterocycles. The van der Waals surface area contributed by atoms with Gasteiger partial charge in [-0.1, -0.05) is 30.3 Å². The molecule has 2 aromatic carbocycles. The summed E-state index contributed by atoms with van der Waals surface area (Å²) in [6, 6.07) is 12.6. The van der Waals surface area contributed by atoms with E-state index >= 15 is 0 Å². The molecule has 140 valence electrons. The molecule has 1 heterocycles. The molecule has 26 heavy (non-hydrogen) atoms. The lowest BCUT2D eigenvalue weighted by molar-refractivity contribution is -0.122. The van der Waals surface area contributed by atoms with Crippen LogP contribution in [0.3, 0.4) is 0 Å². The molecule has 0 bridgehead atoms. The van der Waals surface area contributed by atoms with Crippen LogP contribution in [-0.2, 0) is 17.8 Å². The number of carbonyl (C=O) groups excluding carboxylic acids is 1. The lowest BCUT2D eigenvalue weighted by atomic mass is 10.1. The van der Waals surface area contributed by atoms with Gasteiger partial charge < -0.3 is 20.5 Å². The van der Waals surface area contributed by atoms with Crippen molar-refractivity contribution in [3.8, 4) is 11.5 Å². The number of nitrogens with one attached hydrogen (secondary N) is 1. The van der Waals surface area contributed by atoms with Gasteiger partial charge in [0, 0.05) is 24.1 Å². The van der Waals surface area contributed by atoms with Crippen molar-refractivity contribution in [2.75, 3.05) is 6.61 Å². The Hall–Kier alpha value is -2.24. The Balaban J connectivity index is 0.00000243. The summed E-state index contributed by atoms with van der Waals surface area (Å²) >= 11 is 0. The molecule has 2 unspecified atom stereocenters. The summed E-state index contributed by atoms with van der Waals surface area (Å²) in [5.74, 6) is 1.43. The number of hydrogen-bond acceptors (Lipinski definition) is 4. The molecule has 6 heteroatoms. The molecule has 0 fully saturated rings. The molecular weight excluding hydrogens is 352 g/mol. The predicted octanol–water partition coefficient (Wildman–Crippen LogP) is 3.15. The molecular formula is C20H25ClN2O3. The largest absolute Gasteiger partial charge is 0.494 e. The first-order chi connectivity index (χ1) is 12.1. The van der Waals surface area contributed by atoms with Crippen LogP contribution >= 0.6 is 12.4 Å². The minimum Gasteiger partial charge on any atom is -0.494 e. The highest BCUT2D eigenvalue weighted by Gasteiger charge is 2.22. The van der Waals surface area contributed by atoms with E-state index in [2.05, 4.69) is 5.32 Å². The monoisotopic (exact) mass is 376 g/mol. The zero-order valence-corrected chi connectivity index (χ0v) is 15.8. The van der Waals surface area contributed by atoms with Gasteiger partial charge in [-0.15, -0.1) is 12.4 Å². The first-order valence-corrected chi connectivity index (χ1v) is 8.62. The highest BCUT2D eigenvalue weighted by molar-refractivity contribution is 5.85. The number of carbonyl (C=O) groups is 1. The van der Waals surface area contributed by atoms with E-state index in [0.717, 1.165) is 34.6 Å². The summed E-state index contributed by atoms with van der Waals surface area (Å²) in [5.41, 5.74) is 8.87. The molecule has 5 nitrogen and oxygen atoms in total. The maximum absolute atomic E-state index is 12.4. The number of nitrogens with two attached hydrogens (primary N) is 1. The third-order valence-electron chi connectivity index (χ3n) is 4.27. The Morgan fingerprint density at radius 1 is 1.35 bits per heavy atom. The molecule has 1 aliphatic heterocycles. The van der Waals surface area contributed by atoms with Crippen LogP contribution in [0, 0.1) is 0 Å². The van der Waals surface area contributed by atoms with Crippen LogP contribution in [0.4, 0.5) is 0 Å². The summed E-state index contributed by atoms with van der Waals surface area (Å²) in [6.45, 7) is 4.90. The van der Waals surface area contributed by atoms with Crippen LogP contribution in [0.25, 0.3) is 0 Å². The van der Waals surface area contributed by atoms with Gasteiger partial charge in [-0.05, 0) is 31.5 Å². The summed E-state index contributed by atoms with van der Waals surface area (Å²) < 4.78 is 11.5. The van der Waals surface area contributed by atoms with Crippen molar-refractivity contribution in [1.29, 1.82) is 0 Å². The molecule has 0 saturated carbocycles. The van der Waals surface area contributed by atoms with Crippen LogP contribution in [-0.4, -0.2) is 18.6 Å². The molecule has 1 amide bonds. The fourth-order valence-corrected chi connectivity index (χ4v) is 3.01. The molecule has 1 aliphatic rings. The van der Waals surface area contributed by atoms with Gasteiger partial charge in [-0.2, -0.15) is 0 Å². The van der Waals surface area contributed by atoms with E-state index in [9.17, 15) is 4.79 Å². The minimum absolute atomic E-state index is 0. The van der Waals surface area contributed by atoms with Crippen LogP contribution in [0.5, 0.6) is 11.5 Å². The standard InChI is InChI=1S/C20H24N2O3.ClH/c1-3-24-17-10-15-9-13(2)25-18(15)11-16(17)12-22-20(23)19(21)14-7-5-4-6-8-14;/h4-8,10-11,13,19H,3,9,12,21H2,1-2H3,(H,22,23);1H. The number of rotatable bonds is 6. The average Bonchev–Trinajstić information content (AvgIpc) is 2.98. The Kier molecular flexibility index (Phi) is 6.89. The lowest BCUT2D eigenvalue weighted by Crippen LogP contribution is -2.33. The highest BCUT2D eigenvalue weighted by Crippen LogP contribution is 2.35. The van der Waals surface area contributed by atoms with Crippen LogP contribution in [0.15, 0.2) is 42.5 Å². The second-order valence-corrected chi connectivity index (χ2v) is 6.24. The molecule has 0 aliphatic carbocycles. The van der Waals surface area contributed by atoms with Crippen molar-refractivity contribution < 1.29 is 14.3 Å². The van der Waals surface area contributed by atoms with Gasteiger partial charge in [0.05, 0.1) is 6.61 Å². The quantitative estimate of drug-likeness (QED) is 0.812. The van der Waals surface area contributed by atoms with Gasteiger partial charge >= 0.3 is 0 Å². The number of hydrogen-bond donors (Lipinski definition) is 2. The number of ether oxygens (including phenoxy) is 2. The fourth-order valence-electron chi connectivity index (χ4n) is 3.01. The topological polar surface area (TPSA) is 73.6 Å². The van der Waals surface area contributed by atoms with E-state index in [-0.39, 0.29) is 24.4 Å². The Morgan fingerprint density at radius 2 is 2.08 bits per heavy atom. The zero-order chi connectivity index (χ0) is 17.8. The lowest BCUT2D eigenvalue weighted by Gasteiger charge is -2.15. The van der Waals surface area contributed by atoms with Gasteiger partial charge in [0.1, 0.15) is 23.6 Å².